The molecule has 2 N–H and O–H groups in total. The van der Waals surface area contributed by atoms with Gasteiger partial charge in [-0.2, -0.15) is 13.2 Å². The highest BCUT2D eigenvalue weighted by atomic mass is 32.2. The van der Waals surface area contributed by atoms with Gasteiger partial charge in [0.15, 0.2) is 10.8 Å². The van der Waals surface area contributed by atoms with Gasteiger partial charge in [0.1, 0.15) is 5.82 Å². The molecule has 4 rings (SSSR count). The topological polar surface area (TPSA) is 89.2 Å². The molecule has 11 heteroatoms. The van der Waals surface area contributed by atoms with Crippen LogP contribution in [0.2, 0.25) is 0 Å². The molecule has 3 aromatic rings. The van der Waals surface area contributed by atoms with Crippen LogP contribution in [0.4, 0.5) is 24.1 Å². The van der Waals surface area contributed by atoms with Gasteiger partial charge in [0, 0.05) is 13.1 Å². The van der Waals surface area contributed by atoms with Gasteiger partial charge in [-0.15, -0.1) is 0 Å². The number of nitrogens with two attached hydrogens (primary N) is 1. The maximum Gasteiger partial charge on any atom is 0.434 e. The van der Waals surface area contributed by atoms with Gasteiger partial charge in [0.2, 0.25) is 9.84 Å². The lowest BCUT2D eigenvalue weighted by Gasteiger charge is -2.28. The Morgan fingerprint density at radius 3 is 2.29 bits per heavy atom. The van der Waals surface area contributed by atoms with Gasteiger partial charge in [0.05, 0.1) is 20.4 Å². The van der Waals surface area contributed by atoms with E-state index in [1.807, 2.05) is 4.90 Å². The number of halogens is 3. The fraction of sp³-hybridized carbons (Fsp3) is 0.300. The Labute approximate surface area is 181 Å². The summed E-state index contributed by atoms with van der Waals surface area (Å²) in [5, 5.41) is -0.264. The molecule has 1 fully saturated rings. The van der Waals surface area contributed by atoms with E-state index in [9.17, 15) is 21.6 Å². The van der Waals surface area contributed by atoms with Crippen LogP contribution in [0.3, 0.4) is 0 Å². The average Bonchev–Trinajstić information content (AvgIpc) is 3.17. The molecule has 6 nitrogen and oxygen atoms in total. The Balaban J connectivity index is 1.92. The highest BCUT2D eigenvalue weighted by molar-refractivity contribution is 7.91. The highest BCUT2D eigenvalue weighted by Gasteiger charge is 2.38. The van der Waals surface area contributed by atoms with E-state index < -0.39 is 21.7 Å². The van der Waals surface area contributed by atoms with Crippen molar-refractivity contribution in [2.75, 3.05) is 23.7 Å². The first-order valence-corrected chi connectivity index (χ1v) is 11.9. The van der Waals surface area contributed by atoms with E-state index in [1.165, 1.54) is 18.2 Å². The second-order valence-corrected chi connectivity index (χ2v) is 10.1. The Kier molecular flexibility index (Phi) is 5.65. The van der Waals surface area contributed by atoms with Gasteiger partial charge in [0.25, 0.3) is 0 Å². The van der Waals surface area contributed by atoms with Crippen molar-refractivity contribution in [3.05, 3.63) is 48.2 Å². The molecule has 3 heterocycles. The minimum Gasteiger partial charge on any atom is -0.375 e. The third-order valence-electron chi connectivity index (χ3n) is 4.97. The predicted molar refractivity (Wildman–Crippen MR) is 113 cm³/mol. The number of hydrogen-bond acceptors (Lipinski definition) is 7. The molecular formula is C20H19F3N4O2S2. The number of piperidine rings is 1. The Bertz CT molecular complexity index is 1190. The van der Waals surface area contributed by atoms with E-state index in [-0.39, 0.29) is 25.5 Å². The van der Waals surface area contributed by atoms with Crippen LogP contribution in [-0.4, -0.2) is 31.5 Å². The summed E-state index contributed by atoms with van der Waals surface area (Å²) in [6.07, 6.45) is -1.92. The van der Waals surface area contributed by atoms with Crippen LogP contribution in [0.15, 0.2) is 52.3 Å². The number of rotatable bonds is 4. The standard InChI is InChI=1S/C20H19F3N4O2S2/c21-20(22,23)18-17(30-19(24)26-18)15-11-14(31(28,29)13-7-3-1-4-8-13)12-16(25-15)27-9-5-2-6-10-27/h1,3-4,7-8,11-12H,2,5-6,9-10H2,(H2,24,26). The quantitative estimate of drug-likeness (QED) is 0.601. The molecule has 1 aliphatic heterocycles. The zero-order valence-corrected chi connectivity index (χ0v) is 17.9. The van der Waals surface area contributed by atoms with Gasteiger partial charge in [-0.1, -0.05) is 29.5 Å². The normalized spacial score (nSPS) is 15.3. The van der Waals surface area contributed by atoms with Crippen molar-refractivity contribution in [2.24, 2.45) is 0 Å². The van der Waals surface area contributed by atoms with Crippen LogP contribution in [0.1, 0.15) is 25.0 Å². The highest BCUT2D eigenvalue weighted by Crippen LogP contribution is 2.42. The van der Waals surface area contributed by atoms with Crippen molar-refractivity contribution >= 4 is 32.1 Å². The lowest BCUT2D eigenvalue weighted by atomic mass is 10.1. The summed E-state index contributed by atoms with van der Waals surface area (Å²) >= 11 is 0.636. The van der Waals surface area contributed by atoms with Crippen LogP contribution in [0.25, 0.3) is 10.6 Å². The molecule has 31 heavy (non-hydrogen) atoms. The van der Waals surface area contributed by atoms with Gasteiger partial charge in [-0.05, 0) is 43.5 Å². The molecule has 0 unspecified atom stereocenters. The number of thiazole rings is 1. The molecule has 0 spiro atoms. The molecule has 0 radical (unpaired) electrons. The molecule has 1 aliphatic rings. The summed E-state index contributed by atoms with van der Waals surface area (Å²) in [5.41, 5.74) is 4.28. The lowest BCUT2D eigenvalue weighted by Crippen LogP contribution is -2.30. The summed E-state index contributed by atoms with van der Waals surface area (Å²) in [7, 11) is -3.97. The van der Waals surface area contributed by atoms with E-state index in [2.05, 4.69) is 9.97 Å². The molecule has 1 aromatic carbocycles. The first-order valence-electron chi connectivity index (χ1n) is 9.57. The number of nitrogen functional groups attached to an aromatic ring is 1. The van der Waals surface area contributed by atoms with E-state index >= 15 is 0 Å². The summed E-state index contributed by atoms with van der Waals surface area (Å²) in [4.78, 5) is 9.35. The number of pyridine rings is 1. The molecule has 0 bridgehead atoms. The van der Waals surface area contributed by atoms with Crippen LogP contribution in [0.5, 0.6) is 0 Å². The Hall–Kier alpha value is -2.66. The number of aromatic nitrogens is 2. The lowest BCUT2D eigenvalue weighted by molar-refractivity contribution is -0.140. The number of sulfone groups is 1. The summed E-state index contributed by atoms with van der Waals surface area (Å²) < 4.78 is 67.1. The molecule has 1 saturated heterocycles. The fourth-order valence-electron chi connectivity index (χ4n) is 3.49. The molecule has 0 atom stereocenters. The van der Waals surface area contributed by atoms with Crippen LogP contribution in [-0.2, 0) is 16.0 Å². The smallest absolute Gasteiger partial charge is 0.375 e. The van der Waals surface area contributed by atoms with Crippen molar-refractivity contribution in [3.8, 4) is 10.6 Å². The van der Waals surface area contributed by atoms with E-state index in [0.717, 1.165) is 25.3 Å². The third-order valence-corrected chi connectivity index (χ3v) is 7.63. The average molecular weight is 469 g/mol. The summed E-state index contributed by atoms with van der Waals surface area (Å²) in [6.45, 7) is 1.30. The number of anilines is 2. The molecule has 0 aliphatic carbocycles. The maximum atomic E-state index is 13.5. The molecule has 0 amide bonds. The van der Waals surface area contributed by atoms with E-state index in [1.54, 1.807) is 18.2 Å². The van der Waals surface area contributed by atoms with Crippen LogP contribution >= 0.6 is 11.3 Å². The SMILES string of the molecule is Nc1nc(C(F)(F)F)c(-c2cc(S(=O)(=O)c3ccccc3)cc(N3CCCCC3)n2)s1. The first kappa shape index (κ1) is 21.6. The third kappa shape index (κ3) is 4.38. The minimum atomic E-state index is -4.75. The van der Waals surface area contributed by atoms with E-state index in [0.29, 0.717) is 30.2 Å². The molecule has 164 valence electrons. The second kappa shape index (κ2) is 8.12. The second-order valence-electron chi connectivity index (χ2n) is 7.14. The largest absolute Gasteiger partial charge is 0.434 e. The first-order chi connectivity index (χ1) is 14.7. The van der Waals surface area contributed by atoms with Gasteiger partial charge >= 0.3 is 6.18 Å². The van der Waals surface area contributed by atoms with Crippen molar-refractivity contribution in [1.82, 2.24) is 9.97 Å². The van der Waals surface area contributed by atoms with Crippen molar-refractivity contribution in [1.29, 1.82) is 0 Å². The van der Waals surface area contributed by atoms with Crippen LogP contribution in [0, 0.1) is 0 Å². The zero-order chi connectivity index (χ0) is 22.2. The van der Waals surface area contributed by atoms with E-state index in [4.69, 9.17) is 5.73 Å². The number of nitrogens with zero attached hydrogens (tertiary/aromatic N) is 3. The predicted octanol–water partition coefficient (Wildman–Crippen LogP) is 4.63. The number of hydrogen-bond donors (Lipinski definition) is 1. The summed E-state index contributed by atoms with van der Waals surface area (Å²) in [5.74, 6) is 0.326. The molecule has 0 saturated carbocycles. The number of benzene rings is 1. The minimum absolute atomic E-state index is 0.0524. The van der Waals surface area contributed by atoms with Crippen molar-refractivity contribution in [3.63, 3.8) is 0 Å². The van der Waals surface area contributed by atoms with Gasteiger partial charge < -0.3 is 10.6 Å². The molecular weight excluding hydrogens is 449 g/mol. The fourth-order valence-corrected chi connectivity index (χ4v) is 5.61. The summed E-state index contributed by atoms with van der Waals surface area (Å²) in [6, 6.07) is 10.3. The Morgan fingerprint density at radius 1 is 0.968 bits per heavy atom. The van der Waals surface area contributed by atoms with Crippen LogP contribution < -0.4 is 10.6 Å². The van der Waals surface area contributed by atoms with Gasteiger partial charge in [-0.3, -0.25) is 0 Å². The monoisotopic (exact) mass is 468 g/mol. The number of alkyl halides is 3. The Morgan fingerprint density at radius 2 is 1.65 bits per heavy atom. The molecule has 2 aromatic heterocycles. The maximum absolute atomic E-state index is 13.5. The zero-order valence-electron chi connectivity index (χ0n) is 16.3. The van der Waals surface area contributed by atoms with Crippen molar-refractivity contribution < 1.29 is 21.6 Å². The van der Waals surface area contributed by atoms with Crippen molar-refractivity contribution in [2.45, 2.75) is 35.2 Å². The van der Waals surface area contributed by atoms with Gasteiger partial charge in [-0.25, -0.2) is 18.4 Å².